The highest BCUT2D eigenvalue weighted by Gasteiger charge is 2.04. The van der Waals surface area contributed by atoms with Gasteiger partial charge in [0.2, 0.25) is 0 Å². The van der Waals surface area contributed by atoms with Crippen LogP contribution in [0.4, 0.5) is 0 Å². The molecule has 1 aromatic carbocycles. The van der Waals surface area contributed by atoms with Gasteiger partial charge >= 0.3 is 0 Å². The third-order valence-corrected chi connectivity index (χ3v) is 2.80. The molecule has 0 saturated carbocycles. The predicted molar refractivity (Wildman–Crippen MR) is 67.3 cm³/mol. The molecule has 0 aliphatic heterocycles. The minimum atomic E-state index is 0.506. The van der Waals surface area contributed by atoms with Gasteiger partial charge < -0.3 is 5.73 Å². The molecule has 0 fully saturated rings. The zero-order valence-electron chi connectivity index (χ0n) is 9.07. The lowest BCUT2D eigenvalue weighted by atomic mass is 10.1. The minimum absolute atomic E-state index is 0.506. The van der Waals surface area contributed by atoms with Crippen LogP contribution in [0.25, 0.3) is 11.1 Å². The van der Waals surface area contributed by atoms with E-state index in [1.54, 1.807) is 0 Å². The third-order valence-electron chi connectivity index (χ3n) is 2.49. The molecule has 0 aliphatic carbocycles. The van der Waals surface area contributed by atoms with Crippen molar-refractivity contribution in [3.63, 3.8) is 0 Å². The van der Waals surface area contributed by atoms with Crippen LogP contribution in [0.2, 0.25) is 5.02 Å². The van der Waals surface area contributed by atoms with Crippen LogP contribution in [0, 0.1) is 6.92 Å². The first-order valence-electron chi connectivity index (χ1n) is 5.12. The summed E-state index contributed by atoms with van der Waals surface area (Å²) in [6.45, 7) is 2.47. The smallest absolute Gasteiger partial charge is 0.0488 e. The number of aromatic nitrogens is 1. The first-order valence-corrected chi connectivity index (χ1v) is 5.50. The van der Waals surface area contributed by atoms with E-state index in [1.807, 2.05) is 43.5 Å². The molecule has 3 heteroatoms. The van der Waals surface area contributed by atoms with Gasteiger partial charge in [-0.1, -0.05) is 29.8 Å². The van der Waals surface area contributed by atoms with Crippen molar-refractivity contribution in [1.29, 1.82) is 0 Å². The number of aryl methyl sites for hydroxylation is 1. The van der Waals surface area contributed by atoms with E-state index in [0.717, 1.165) is 22.4 Å². The van der Waals surface area contributed by atoms with E-state index in [1.165, 1.54) is 0 Å². The molecule has 2 rings (SSSR count). The monoisotopic (exact) mass is 232 g/mol. The molecule has 0 radical (unpaired) electrons. The van der Waals surface area contributed by atoms with Crippen molar-refractivity contribution in [3.05, 3.63) is 52.8 Å². The van der Waals surface area contributed by atoms with E-state index in [9.17, 15) is 0 Å². The summed E-state index contributed by atoms with van der Waals surface area (Å²) >= 11 is 6.20. The number of nitrogens with two attached hydrogens (primary N) is 1. The van der Waals surface area contributed by atoms with Crippen LogP contribution in [-0.2, 0) is 6.54 Å². The largest absolute Gasteiger partial charge is 0.326 e. The molecule has 0 aliphatic rings. The topological polar surface area (TPSA) is 38.9 Å². The number of nitrogens with zero attached hydrogens (tertiary/aromatic N) is 1. The fourth-order valence-corrected chi connectivity index (χ4v) is 1.86. The average molecular weight is 233 g/mol. The molecular formula is C13H13ClN2. The van der Waals surface area contributed by atoms with Gasteiger partial charge in [0.1, 0.15) is 0 Å². The van der Waals surface area contributed by atoms with Crippen molar-refractivity contribution in [1.82, 2.24) is 4.98 Å². The lowest BCUT2D eigenvalue weighted by Gasteiger charge is -2.06. The van der Waals surface area contributed by atoms with Gasteiger partial charge in [0.25, 0.3) is 0 Å². The Morgan fingerprint density at radius 2 is 2.06 bits per heavy atom. The molecule has 2 aromatic rings. The lowest BCUT2D eigenvalue weighted by molar-refractivity contribution is 1.07. The van der Waals surface area contributed by atoms with Crippen molar-refractivity contribution in [3.8, 4) is 11.1 Å². The second-order valence-corrected chi connectivity index (χ2v) is 4.11. The van der Waals surface area contributed by atoms with Crippen molar-refractivity contribution in [2.45, 2.75) is 13.5 Å². The number of halogens is 1. The van der Waals surface area contributed by atoms with Crippen LogP contribution in [-0.4, -0.2) is 4.98 Å². The molecule has 16 heavy (non-hydrogen) atoms. The summed E-state index contributed by atoms with van der Waals surface area (Å²) in [5, 5.41) is 0.716. The van der Waals surface area contributed by atoms with E-state index >= 15 is 0 Å². The minimum Gasteiger partial charge on any atom is -0.326 e. The fraction of sp³-hybridized carbons (Fsp3) is 0.154. The van der Waals surface area contributed by atoms with Crippen molar-refractivity contribution < 1.29 is 0 Å². The highest BCUT2D eigenvalue weighted by molar-refractivity contribution is 6.33. The summed E-state index contributed by atoms with van der Waals surface area (Å²) in [5.74, 6) is 0. The lowest BCUT2D eigenvalue weighted by Crippen LogP contribution is -1.96. The quantitative estimate of drug-likeness (QED) is 0.864. The summed E-state index contributed by atoms with van der Waals surface area (Å²) in [7, 11) is 0. The van der Waals surface area contributed by atoms with Gasteiger partial charge in [-0.2, -0.15) is 0 Å². The SMILES string of the molecule is Cc1ccc(-c2ccc(CN)cc2Cl)cn1. The molecule has 0 saturated heterocycles. The Balaban J connectivity index is 2.44. The van der Waals surface area contributed by atoms with Crippen LogP contribution in [0.15, 0.2) is 36.5 Å². The maximum absolute atomic E-state index is 6.20. The maximum atomic E-state index is 6.20. The Bertz CT molecular complexity index is 492. The number of pyridine rings is 1. The highest BCUT2D eigenvalue weighted by Crippen LogP contribution is 2.28. The molecule has 0 bridgehead atoms. The van der Waals surface area contributed by atoms with E-state index in [2.05, 4.69) is 4.98 Å². The molecule has 2 N–H and O–H groups in total. The van der Waals surface area contributed by atoms with Gasteiger partial charge in [-0.3, -0.25) is 4.98 Å². The Morgan fingerprint density at radius 3 is 2.62 bits per heavy atom. The van der Waals surface area contributed by atoms with Gasteiger partial charge in [-0.05, 0) is 24.6 Å². The second kappa shape index (κ2) is 4.64. The molecule has 2 nitrogen and oxygen atoms in total. The van der Waals surface area contributed by atoms with Gasteiger partial charge in [0.15, 0.2) is 0 Å². The second-order valence-electron chi connectivity index (χ2n) is 3.71. The third kappa shape index (κ3) is 2.23. The Labute approximate surface area is 100 Å². The average Bonchev–Trinajstić information content (AvgIpc) is 2.30. The molecule has 0 unspecified atom stereocenters. The standard InChI is InChI=1S/C13H13ClN2/c1-9-2-4-11(8-16-9)12-5-3-10(7-15)6-13(12)14/h2-6,8H,7,15H2,1H3. The molecule has 0 atom stereocenters. The zero-order chi connectivity index (χ0) is 11.5. The van der Waals surface area contributed by atoms with Crippen molar-refractivity contribution in [2.24, 2.45) is 5.73 Å². The summed E-state index contributed by atoms with van der Waals surface area (Å²) in [6, 6.07) is 9.86. The number of benzene rings is 1. The van der Waals surface area contributed by atoms with Crippen LogP contribution >= 0.6 is 11.6 Å². The maximum Gasteiger partial charge on any atom is 0.0488 e. The highest BCUT2D eigenvalue weighted by atomic mass is 35.5. The number of hydrogen-bond donors (Lipinski definition) is 1. The summed E-state index contributed by atoms with van der Waals surface area (Å²) in [5.41, 5.74) is 9.61. The van der Waals surface area contributed by atoms with Crippen LogP contribution in [0.3, 0.4) is 0 Å². The molecule has 1 heterocycles. The molecule has 82 valence electrons. The van der Waals surface area contributed by atoms with E-state index in [0.29, 0.717) is 11.6 Å². The molecule has 1 aromatic heterocycles. The van der Waals surface area contributed by atoms with Gasteiger partial charge in [-0.25, -0.2) is 0 Å². The van der Waals surface area contributed by atoms with Crippen LogP contribution in [0.1, 0.15) is 11.3 Å². The molecular weight excluding hydrogens is 220 g/mol. The van der Waals surface area contributed by atoms with E-state index < -0.39 is 0 Å². The van der Waals surface area contributed by atoms with Gasteiger partial charge in [0, 0.05) is 34.6 Å². The summed E-state index contributed by atoms with van der Waals surface area (Å²) < 4.78 is 0. The molecule has 0 amide bonds. The Hall–Kier alpha value is -1.38. The predicted octanol–water partition coefficient (Wildman–Crippen LogP) is 3.17. The van der Waals surface area contributed by atoms with E-state index in [4.69, 9.17) is 17.3 Å². The molecule has 0 spiro atoms. The zero-order valence-corrected chi connectivity index (χ0v) is 9.83. The van der Waals surface area contributed by atoms with Gasteiger partial charge in [-0.15, -0.1) is 0 Å². The van der Waals surface area contributed by atoms with E-state index in [-0.39, 0.29) is 0 Å². The van der Waals surface area contributed by atoms with Crippen molar-refractivity contribution in [2.75, 3.05) is 0 Å². The Kier molecular flexibility index (Phi) is 3.22. The first-order chi connectivity index (χ1) is 7.70. The van der Waals surface area contributed by atoms with Crippen LogP contribution < -0.4 is 5.73 Å². The van der Waals surface area contributed by atoms with Crippen LogP contribution in [0.5, 0.6) is 0 Å². The first kappa shape index (κ1) is 11.1. The Morgan fingerprint density at radius 1 is 1.25 bits per heavy atom. The normalized spacial score (nSPS) is 10.4. The van der Waals surface area contributed by atoms with Gasteiger partial charge in [0.05, 0.1) is 0 Å². The summed E-state index contributed by atoms with van der Waals surface area (Å²) in [4.78, 5) is 4.26. The van der Waals surface area contributed by atoms with Crippen molar-refractivity contribution >= 4 is 11.6 Å². The summed E-state index contributed by atoms with van der Waals surface area (Å²) in [6.07, 6.45) is 1.83. The number of rotatable bonds is 2. The number of hydrogen-bond acceptors (Lipinski definition) is 2. The fourth-order valence-electron chi connectivity index (χ4n) is 1.55.